The van der Waals surface area contributed by atoms with Gasteiger partial charge in [0.1, 0.15) is 11.6 Å². The smallest absolute Gasteiger partial charge is 0.136 e. The van der Waals surface area contributed by atoms with Crippen LogP contribution in [0, 0.1) is 20.8 Å². The molecule has 0 N–H and O–H groups in total. The van der Waals surface area contributed by atoms with Gasteiger partial charge in [-0.2, -0.15) is 0 Å². The minimum atomic E-state index is 0.265. The van der Waals surface area contributed by atoms with Crippen LogP contribution < -0.4 is 4.90 Å². The molecule has 0 fully saturated rings. The molecule has 2 aromatic carbocycles. The quantitative estimate of drug-likeness (QED) is 0.567. The van der Waals surface area contributed by atoms with E-state index in [-0.39, 0.29) is 6.04 Å². The third-order valence-electron chi connectivity index (χ3n) is 5.81. The first-order chi connectivity index (χ1) is 13.4. The van der Waals surface area contributed by atoms with E-state index in [4.69, 9.17) is 21.6 Å². The molecule has 1 aliphatic heterocycles. The standard InChI is InChI=1S/C24H26ClN3/c1-15-5-7-19(8-6-15)13-23-26-17(3)16(2)24(27-23)28-12-11-20-14-21(25)9-10-22(20)18(28)4/h5-10,14,18H,11-13H2,1-4H3. The highest BCUT2D eigenvalue weighted by Gasteiger charge is 2.27. The van der Waals surface area contributed by atoms with Gasteiger partial charge in [0.2, 0.25) is 0 Å². The minimum absolute atomic E-state index is 0.265. The molecule has 3 nitrogen and oxygen atoms in total. The maximum Gasteiger partial charge on any atom is 0.136 e. The van der Waals surface area contributed by atoms with Crippen molar-refractivity contribution < 1.29 is 0 Å². The lowest BCUT2D eigenvalue weighted by Crippen LogP contribution is -2.35. The number of halogens is 1. The zero-order chi connectivity index (χ0) is 19.8. The van der Waals surface area contributed by atoms with Crippen molar-refractivity contribution in [3.8, 4) is 0 Å². The van der Waals surface area contributed by atoms with Gasteiger partial charge in [0.15, 0.2) is 0 Å². The number of aromatic nitrogens is 2. The normalized spacial score (nSPS) is 16.2. The van der Waals surface area contributed by atoms with Gasteiger partial charge in [-0.05, 0) is 62.9 Å². The molecule has 0 saturated heterocycles. The summed E-state index contributed by atoms with van der Waals surface area (Å²) in [5.74, 6) is 1.94. The molecule has 0 radical (unpaired) electrons. The Morgan fingerprint density at radius 1 is 1.04 bits per heavy atom. The summed E-state index contributed by atoms with van der Waals surface area (Å²) in [6.45, 7) is 9.52. The number of aryl methyl sites for hydroxylation is 2. The monoisotopic (exact) mass is 391 g/mol. The van der Waals surface area contributed by atoms with E-state index < -0.39 is 0 Å². The summed E-state index contributed by atoms with van der Waals surface area (Å²) in [7, 11) is 0. The SMILES string of the molecule is Cc1ccc(Cc2nc(C)c(C)c(N3CCc4cc(Cl)ccc4C3C)n2)cc1. The number of rotatable bonds is 3. The average molecular weight is 392 g/mol. The van der Waals surface area contributed by atoms with Gasteiger partial charge in [-0.25, -0.2) is 9.97 Å². The summed E-state index contributed by atoms with van der Waals surface area (Å²) in [6, 6.07) is 15.1. The van der Waals surface area contributed by atoms with Gasteiger partial charge in [-0.3, -0.25) is 0 Å². The first-order valence-corrected chi connectivity index (χ1v) is 10.2. The molecule has 0 saturated carbocycles. The fraction of sp³-hybridized carbons (Fsp3) is 0.333. The molecule has 0 bridgehead atoms. The van der Waals surface area contributed by atoms with Crippen LogP contribution in [0.4, 0.5) is 5.82 Å². The lowest BCUT2D eigenvalue weighted by atomic mass is 9.93. The molecule has 3 aromatic rings. The second kappa shape index (κ2) is 7.56. The number of fused-ring (bicyclic) bond motifs is 1. The van der Waals surface area contributed by atoms with Crippen LogP contribution in [-0.4, -0.2) is 16.5 Å². The Morgan fingerprint density at radius 3 is 2.54 bits per heavy atom. The molecular weight excluding hydrogens is 366 g/mol. The molecule has 1 aromatic heterocycles. The van der Waals surface area contributed by atoms with Crippen molar-refractivity contribution in [3.05, 3.63) is 86.8 Å². The zero-order valence-electron chi connectivity index (χ0n) is 17.0. The van der Waals surface area contributed by atoms with Gasteiger partial charge in [0.05, 0.1) is 6.04 Å². The van der Waals surface area contributed by atoms with Crippen molar-refractivity contribution in [2.45, 2.75) is 46.6 Å². The van der Waals surface area contributed by atoms with E-state index in [2.05, 4.69) is 69.0 Å². The largest absolute Gasteiger partial charge is 0.349 e. The number of hydrogen-bond acceptors (Lipinski definition) is 3. The molecule has 0 aliphatic carbocycles. The lowest BCUT2D eigenvalue weighted by Gasteiger charge is -2.37. The van der Waals surface area contributed by atoms with Crippen LogP contribution in [0.15, 0.2) is 42.5 Å². The predicted octanol–water partition coefficient (Wildman–Crippen LogP) is 5.77. The first kappa shape index (κ1) is 18.9. The van der Waals surface area contributed by atoms with Crippen molar-refractivity contribution in [1.29, 1.82) is 0 Å². The molecule has 4 heteroatoms. The fourth-order valence-electron chi connectivity index (χ4n) is 4.01. The summed E-state index contributed by atoms with van der Waals surface area (Å²) >= 11 is 6.20. The third kappa shape index (κ3) is 3.64. The average Bonchev–Trinajstić information content (AvgIpc) is 2.67. The Kier molecular flexibility index (Phi) is 5.11. The summed E-state index contributed by atoms with van der Waals surface area (Å²) in [4.78, 5) is 12.2. The van der Waals surface area contributed by atoms with E-state index >= 15 is 0 Å². The number of nitrogens with zero attached hydrogens (tertiary/aromatic N) is 3. The van der Waals surface area contributed by atoms with E-state index in [0.717, 1.165) is 47.3 Å². The number of hydrogen-bond donors (Lipinski definition) is 0. The molecule has 0 amide bonds. The topological polar surface area (TPSA) is 29.0 Å². The molecule has 1 atom stereocenters. The molecule has 1 unspecified atom stereocenters. The number of benzene rings is 2. The van der Waals surface area contributed by atoms with Crippen molar-refractivity contribution in [1.82, 2.24) is 9.97 Å². The Bertz CT molecular complexity index is 1010. The van der Waals surface area contributed by atoms with Gasteiger partial charge in [-0.1, -0.05) is 47.5 Å². The second-order valence-corrected chi connectivity index (χ2v) is 8.24. The van der Waals surface area contributed by atoms with Crippen LogP contribution in [-0.2, 0) is 12.8 Å². The van der Waals surface area contributed by atoms with E-state index in [9.17, 15) is 0 Å². The van der Waals surface area contributed by atoms with Crippen LogP contribution in [0.2, 0.25) is 5.02 Å². The second-order valence-electron chi connectivity index (χ2n) is 7.80. The lowest BCUT2D eigenvalue weighted by molar-refractivity contribution is 0.612. The van der Waals surface area contributed by atoms with Gasteiger partial charge in [-0.15, -0.1) is 0 Å². The molecule has 144 valence electrons. The maximum absolute atomic E-state index is 6.20. The molecule has 4 rings (SSSR count). The van der Waals surface area contributed by atoms with Crippen LogP contribution in [0.3, 0.4) is 0 Å². The van der Waals surface area contributed by atoms with E-state index in [1.54, 1.807) is 0 Å². The molecular formula is C24H26ClN3. The molecule has 0 spiro atoms. The van der Waals surface area contributed by atoms with E-state index in [1.807, 2.05) is 6.07 Å². The van der Waals surface area contributed by atoms with Gasteiger partial charge >= 0.3 is 0 Å². The Hall–Kier alpha value is -2.39. The first-order valence-electron chi connectivity index (χ1n) is 9.87. The number of anilines is 1. The van der Waals surface area contributed by atoms with Crippen molar-refractivity contribution in [3.63, 3.8) is 0 Å². The third-order valence-corrected chi connectivity index (χ3v) is 6.04. The summed E-state index contributed by atoms with van der Waals surface area (Å²) < 4.78 is 0. The summed E-state index contributed by atoms with van der Waals surface area (Å²) in [6.07, 6.45) is 1.73. The van der Waals surface area contributed by atoms with Crippen molar-refractivity contribution >= 4 is 17.4 Å². The highest BCUT2D eigenvalue weighted by Crippen LogP contribution is 2.35. The maximum atomic E-state index is 6.20. The predicted molar refractivity (Wildman–Crippen MR) is 116 cm³/mol. The van der Waals surface area contributed by atoms with Crippen LogP contribution in [0.5, 0.6) is 0 Å². The Balaban J connectivity index is 1.68. The molecule has 1 aliphatic rings. The summed E-state index contributed by atoms with van der Waals surface area (Å²) in [5.41, 5.74) is 7.42. The Morgan fingerprint density at radius 2 is 1.79 bits per heavy atom. The van der Waals surface area contributed by atoms with Crippen LogP contribution in [0.1, 0.15) is 52.3 Å². The summed E-state index contributed by atoms with van der Waals surface area (Å²) in [5, 5.41) is 0.814. The Labute approximate surface area is 172 Å². The highest BCUT2D eigenvalue weighted by atomic mass is 35.5. The molecule has 28 heavy (non-hydrogen) atoms. The van der Waals surface area contributed by atoms with E-state index in [1.165, 1.54) is 22.3 Å². The van der Waals surface area contributed by atoms with Gasteiger partial charge < -0.3 is 4.90 Å². The zero-order valence-corrected chi connectivity index (χ0v) is 17.7. The highest BCUT2D eigenvalue weighted by molar-refractivity contribution is 6.30. The van der Waals surface area contributed by atoms with Crippen molar-refractivity contribution in [2.75, 3.05) is 11.4 Å². The van der Waals surface area contributed by atoms with Gasteiger partial charge in [0.25, 0.3) is 0 Å². The van der Waals surface area contributed by atoms with Crippen LogP contribution >= 0.6 is 11.6 Å². The van der Waals surface area contributed by atoms with Gasteiger partial charge in [0, 0.05) is 29.2 Å². The van der Waals surface area contributed by atoms with Crippen LogP contribution in [0.25, 0.3) is 0 Å². The van der Waals surface area contributed by atoms with E-state index in [0.29, 0.717) is 0 Å². The molecule has 2 heterocycles. The minimum Gasteiger partial charge on any atom is -0.349 e. The fourth-order valence-corrected chi connectivity index (χ4v) is 4.20. The van der Waals surface area contributed by atoms with Crippen molar-refractivity contribution in [2.24, 2.45) is 0 Å².